The minimum absolute atomic E-state index is 0.203. The van der Waals surface area contributed by atoms with E-state index in [1.165, 1.54) is 6.21 Å². The molecule has 0 saturated heterocycles. The second-order valence-corrected chi connectivity index (χ2v) is 5.45. The molecule has 2 N–H and O–H groups in total. The maximum Gasteiger partial charge on any atom is 0.249 e. The third kappa shape index (κ3) is 6.49. The summed E-state index contributed by atoms with van der Waals surface area (Å²) in [5.41, 5.74) is 4.82. The van der Waals surface area contributed by atoms with E-state index in [-0.39, 0.29) is 13.0 Å². The van der Waals surface area contributed by atoms with E-state index in [1.807, 2.05) is 19.1 Å². The average molecular weight is 349 g/mol. The van der Waals surface area contributed by atoms with E-state index in [9.17, 15) is 9.59 Å². The van der Waals surface area contributed by atoms with Crippen LogP contribution in [0.2, 0.25) is 0 Å². The van der Waals surface area contributed by atoms with Crippen molar-refractivity contribution in [3.63, 3.8) is 0 Å². The smallest absolute Gasteiger partial charge is 0.249 e. The Labute approximate surface area is 152 Å². The average Bonchev–Trinajstić information content (AvgIpc) is 2.63. The molecule has 0 fully saturated rings. The Balaban J connectivity index is 1.76. The summed E-state index contributed by atoms with van der Waals surface area (Å²) in [5.74, 6) is 2.13. The molecule has 0 heterocycles. The first-order valence-corrected chi connectivity index (χ1v) is 7.91. The molecule has 0 aromatic heterocycles. The Bertz CT molecular complexity index is 819. The summed E-state index contributed by atoms with van der Waals surface area (Å²) in [6.07, 6.45) is 6.28. The zero-order valence-electron chi connectivity index (χ0n) is 14.4. The van der Waals surface area contributed by atoms with E-state index in [1.54, 1.807) is 36.4 Å². The summed E-state index contributed by atoms with van der Waals surface area (Å²) in [6, 6.07) is 14.3. The van der Waals surface area contributed by atoms with E-state index in [4.69, 9.17) is 11.2 Å². The largest absolute Gasteiger partial charge is 0.481 e. The zero-order chi connectivity index (χ0) is 18.8. The fourth-order valence-electron chi connectivity index (χ4n) is 1.98. The first kappa shape index (κ1) is 18.7. The lowest BCUT2D eigenvalue weighted by Gasteiger charge is -2.05. The Morgan fingerprint density at radius 2 is 1.81 bits per heavy atom. The number of hydrogen-bond acceptors (Lipinski definition) is 4. The van der Waals surface area contributed by atoms with Crippen molar-refractivity contribution in [1.82, 2.24) is 5.43 Å². The van der Waals surface area contributed by atoms with Crippen molar-refractivity contribution in [2.45, 2.75) is 13.3 Å². The fourth-order valence-corrected chi connectivity index (χ4v) is 1.98. The van der Waals surface area contributed by atoms with Gasteiger partial charge >= 0.3 is 0 Å². The summed E-state index contributed by atoms with van der Waals surface area (Å²) >= 11 is 0. The summed E-state index contributed by atoms with van der Waals surface area (Å²) < 4.78 is 5.26. The number of carbonyl (C=O) groups excluding carboxylic acids is 2. The van der Waals surface area contributed by atoms with Crippen LogP contribution in [0, 0.1) is 19.3 Å². The molecule has 0 aliphatic heterocycles. The Hall–Kier alpha value is -3.59. The minimum atomic E-state index is -0.500. The van der Waals surface area contributed by atoms with Crippen LogP contribution in [0.25, 0.3) is 0 Å². The molecule has 26 heavy (non-hydrogen) atoms. The molecule has 2 rings (SSSR count). The van der Waals surface area contributed by atoms with Crippen molar-refractivity contribution < 1.29 is 14.3 Å². The topological polar surface area (TPSA) is 79.8 Å². The second-order valence-electron chi connectivity index (χ2n) is 5.45. The number of anilines is 1. The first-order valence-electron chi connectivity index (χ1n) is 7.91. The van der Waals surface area contributed by atoms with Crippen LogP contribution in [0.3, 0.4) is 0 Å². The molecular weight excluding hydrogens is 330 g/mol. The molecule has 0 saturated carbocycles. The molecule has 6 heteroatoms. The van der Waals surface area contributed by atoms with Crippen LogP contribution in [0.4, 0.5) is 5.69 Å². The van der Waals surface area contributed by atoms with Crippen molar-refractivity contribution in [3.8, 4) is 18.1 Å². The van der Waals surface area contributed by atoms with Gasteiger partial charge in [0.25, 0.3) is 0 Å². The Morgan fingerprint density at radius 3 is 2.46 bits per heavy atom. The van der Waals surface area contributed by atoms with Gasteiger partial charge in [-0.2, -0.15) is 5.10 Å². The molecule has 2 aromatic carbocycles. The normalized spacial score (nSPS) is 10.2. The molecular formula is C20H19N3O3. The predicted molar refractivity (Wildman–Crippen MR) is 101 cm³/mol. The molecule has 0 radical (unpaired) electrons. The van der Waals surface area contributed by atoms with Gasteiger partial charge in [-0.1, -0.05) is 23.6 Å². The van der Waals surface area contributed by atoms with Crippen LogP contribution in [-0.2, 0) is 9.59 Å². The number of terminal acetylenes is 1. The van der Waals surface area contributed by atoms with Gasteiger partial charge in [0.15, 0.2) is 0 Å². The molecule has 6 nitrogen and oxygen atoms in total. The first-order chi connectivity index (χ1) is 12.6. The predicted octanol–water partition coefficient (Wildman–Crippen LogP) is 2.49. The number of ether oxygens (including phenoxy) is 1. The highest BCUT2D eigenvalue weighted by Gasteiger charge is 2.08. The highest BCUT2D eigenvalue weighted by molar-refractivity contribution is 6.03. The minimum Gasteiger partial charge on any atom is -0.481 e. The van der Waals surface area contributed by atoms with Crippen LogP contribution >= 0.6 is 0 Å². The van der Waals surface area contributed by atoms with Gasteiger partial charge < -0.3 is 10.1 Å². The zero-order valence-corrected chi connectivity index (χ0v) is 14.4. The lowest BCUT2D eigenvalue weighted by atomic mass is 10.2. The number of nitrogens with zero attached hydrogens (tertiary/aromatic N) is 1. The number of rotatable bonds is 7. The van der Waals surface area contributed by atoms with Crippen molar-refractivity contribution in [1.29, 1.82) is 0 Å². The van der Waals surface area contributed by atoms with Gasteiger partial charge in [0, 0.05) is 5.69 Å². The molecule has 0 spiro atoms. The molecule has 2 amide bonds. The number of hydrogen-bond donors (Lipinski definition) is 2. The van der Waals surface area contributed by atoms with Gasteiger partial charge in [-0.15, -0.1) is 6.42 Å². The third-order valence-electron chi connectivity index (χ3n) is 3.26. The fraction of sp³-hybridized carbons (Fsp3) is 0.150. The lowest BCUT2D eigenvalue weighted by Crippen LogP contribution is -2.24. The lowest BCUT2D eigenvalue weighted by molar-refractivity contribution is -0.126. The number of nitrogens with one attached hydrogen (secondary N) is 2. The highest BCUT2D eigenvalue weighted by Crippen LogP contribution is 2.11. The Kier molecular flexibility index (Phi) is 6.95. The van der Waals surface area contributed by atoms with Crippen LogP contribution in [0.1, 0.15) is 17.5 Å². The summed E-state index contributed by atoms with van der Waals surface area (Å²) in [6.45, 7) is 2.16. The number of carbonyl (C=O) groups is 2. The van der Waals surface area contributed by atoms with Crippen molar-refractivity contribution in [2.24, 2.45) is 5.10 Å². The van der Waals surface area contributed by atoms with Gasteiger partial charge in [0.05, 0.1) is 6.21 Å². The maximum absolute atomic E-state index is 11.8. The van der Waals surface area contributed by atoms with Crippen molar-refractivity contribution in [3.05, 3.63) is 59.7 Å². The van der Waals surface area contributed by atoms with Gasteiger partial charge in [-0.25, -0.2) is 5.43 Å². The molecule has 0 aliphatic carbocycles. The van der Waals surface area contributed by atoms with E-state index in [0.29, 0.717) is 11.4 Å². The van der Waals surface area contributed by atoms with Crippen molar-refractivity contribution >= 4 is 23.7 Å². The molecule has 2 aromatic rings. The van der Waals surface area contributed by atoms with E-state index < -0.39 is 11.8 Å². The maximum atomic E-state index is 11.8. The quantitative estimate of drug-likeness (QED) is 0.349. The van der Waals surface area contributed by atoms with Crippen molar-refractivity contribution in [2.75, 3.05) is 11.9 Å². The Morgan fingerprint density at radius 1 is 1.12 bits per heavy atom. The van der Waals surface area contributed by atoms with E-state index in [0.717, 1.165) is 11.1 Å². The summed E-state index contributed by atoms with van der Waals surface area (Å²) in [7, 11) is 0. The molecule has 0 unspecified atom stereocenters. The number of hydrazone groups is 1. The summed E-state index contributed by atoms with van der Waals surface area (Å²) in [5, 5.41) is 6.48. The highest BCUT2D eigenvalue weighted by atomic mass is 16.5. The van der Waals surface area contributed by atoms with E-state index in [2.05, 4.69) is 21.8 Å². The third-order valence-corrected chi connectivity index (χ3v) is 3.26. The molecule has 132 valence electrons. The molecule has 0 aliphatic rings. The number of amides is 2. The van der Waals surface area contributed by atoms with E-state index >= 15 is 0 Å². The van der Waals surface area contributed by atoms with Gasteiger partial charge in [0.2, 0.25) is 11.8 Å². The van der Waals surface area contributed by atoms with Crippen LogP contribution in [-0.4, -0.2) is 24.6 Å². The molecule has 0 bridgehead atoms. The SMILES string of the molecule is C#CCOc1ccc(C=NNC(=O)CC(=O)Nc2ccc(C)cc2)cc1. The van der Waals surface area contributed by atoms with Gasteiger partial charge in [0.1, 0.15) is 18.8 Å². The monoisotopic (exact) mass is 349 g/mol. The van der Waals surface area contributed by atoms with Gasteiger partial charge in [-0.3, -0.25) is 9.59 Å². The van der Waals surface area contributed by atoms with Gasteiger partial charge in [-0.05, 0) is 48.9 Å². The molecule has 0 atom stereocenters. The number of benzene rings is 2. The second kappa shape index (κ2) is 9.64. The standard InChI is InChI=1S/C20H19N3O3/c1-3-12-26-18-10-6-16(7-11-18)14-21-23-20(25)13-19(24)22-17-8-4-15(2)5-9-17/h1,4-11,14H,12-13H2,2H3,(H,22,24)(H,23,25). The van der Waals surface area contributed by atoms with Crippen LogP contribution < -0.4 is 15.5 Å². The van der Waals surface area contributed by atoms with Crippen LogP contribution in [0.15, 0.2) is 53.6 Å². The van der Waals surface area contributed by atoms with Crippen LogP contribution in [0.5, 0.6) is 5.75 Å². The number of aryl methyl sites for hydroxylation is 1. The summed E-state index contributed by atoms with van der Waals surface area (Å²) in [4.78, 5) is 23.5.